The van der Waals surface area contributed by atoms with Crippen LogP contribution in [0.4, 0.5) is 0 Å². The van der Waals surface area contributed by atoms with E-state index in [1.807, 2.05) is 13.8 Å². The van der Waals surface area contributed by atoms with Crippen molar-refractivity contribution in [1.82, 2.24) is 0 Å². The van der Waals surface area contributed by atoms with Crippen molar-refractivity contribution in [1.29, 1.82) is 0 Å². The van der Waals surface area contributed by atoms with Gasteiger partial charge >= 0.3 is 11.4 Å². The third-order valence-corrected chi connectivity index (χ3v) is 3.75. The maximum Gasteiger partial charge on any atom is 0.302 e. The molecule has 0 saturated carbocycles. The molecule has 0 aromatic carbocycles. The first-order valence-electron chi connectivity index (χ1n) is 4.49. The second-order valence-corrected chi connectivity index (χ2v) is 4.70. The number of hydrogen-bond donors (Lipinski definition) is 1. The highest BCUT2D eigenvalue weighted by Gasteiger charge is 2.55. The van der Waals surface area contributed by atoms with Crippen LogP contribution in [-0.2, 0) is 20.3 Å². The molecule has 0 spiro atoms. The lowest BCUT2D eigenvalue weighted by molar-refractivity contribution is 0.00839. The van der Waals surface area contributed by atoms with E-state index in [-0.39, 0.29) is 23.7 Å². The van der Waals surface area contributed by atoms with Crippen molar-refractivity contribution >= 4 is 11.4 Å². The minimum atomic E-state index is -2.18. The number of hydrogen-bond acceptors (Lipinski definition) is 3. The predicted molar refractivity (Wildman–Crippen MR) is 47.3 cm³/mol. The summed E-state index contributed by atoms with van der Waals surface area (Å²) in [6.07, 6.45) is 1.75. The van der Waals surface area contributed by atoms with E-state index in [1.165, 1.54) is 0 Å². The van der Waals surface area contributed by atoms with Gasteiger partial charge in [0.05, 0.1) is 11.7 Å². The van der Waals surface area contributed by atoms with Crippen LogP contribution in [0.15, 0.2) is 0 Å². The number of ether oxygens (including phenoxy) is 1. The monoisotopic (exact) mass is 206 g/mol. The SMILES string of the molecule is CC1C(OS(=O)O)C2CCC1(C)O2. The lowest BCUT2D eigenvalue weighted by atomic mass is 9.79. The molecule has 0 aromatic heterocycles. The van der Waals surface area contributed by atoms with E-state index in [2.05, 4.69) is 0 Å². The average Bonchev–Trinajstić information content (AvgIpc) is 2.50. The molecule has 1 N–H and O–H groups in total. The Bertz CT molecular complexity index is 244. The van der Waals surface area contributed by atoms with Gasteiger partial charge in [-0.1, -0.05) is 6.92 Å². The van der Waals surface area contributed by atoms with Crippen LogP contribution < -0.4 is 0 Å². The van der Waals surface area contributed by atoms with Gasteiger partial charge in [0, 0.05) is 5.92 Å². The summed E-state index contributed by atoms with van der Waals surface area (Å²) in [6, 6.07) is 0. The minimum absolute atomic E-state index is 0.0103. The van der Waals surface area contributed by atoms with E-state index in [4.69, 9.17) is 13.5 Å². The molecule has 13 heavy (non-hydrogen) atoms. The maximum absolute atomic E-state index is 10.5. The first-order valence-corrected chi connectivity index (χ1v) is 5.52. The van der Waals surface area contributed by atoms with Crippen molar-refractivity contribution in [2.24, 2.45) is 5.92 Å². The topological polar surface area (TPSA) is 55.8 Å². The third kappa shape index (κ3) is 1.44. The summed E-state index contributed by atoms with van der Waals surface area (Å²) < 4.78 is 29.8. The molecule has 2 aliphatic rings. The van der Waals surface area contributed by atoms with Crippen LogP contribution in [0.3, 0.4) is 0 Å². The quantitative estimate of drug-likeness (QED) is 0.687. The predicted octanol–water partition coefficient (Wildman–Crippen LogP) is 1.10. The summed E-state index contributed by atoms with van der Waals surface area (Å²) >= 11 is -2.18. The van der Waals surface area contributed by atoms with Crippen LogP contribution in [0.5, 0.6) is 0 Å². The minimum Gasteiger partial charge on any atom is -0.369 e. The Morgan fingerprint density at radius 1 is 1.69 bits per heavy atom. The van der Waals surface area contributed by atoms with E-state index >= 15 is 0 Å². The summed E-state index contributed by atoms with van der Waals surface area (Å²) in [7, 11) is 0. The van der Waals surface area contributed by atoms with Crippen molar-refractivity contribution in [3.63, 3.8) is 0 Å². The van der Waals surface area contributed by atoms with Crippen LogP contribution in [0, 0.1) is 5.92 Å². The van der Waals surface area contributed by atoms with Gasteiger partial charge in [0.25, 0.3) is 0 Å². The van der Waals surface area contributed by atoms with Crippen molar-refractivity contribution in [2.45, 2.75) is 44.5 Å². The molecule has 4 nitrogen and oxygen atoms in total. The van der Waals surface area contributed by atoms with E-state index < -0.39 is 11.4 Å². The Kier molecular flexibility index (Phi) is 2.22. The largest absolute Gasteiger partial charge is 0.369 e. The Hall–Kier alpha value is 0.0300. The van der Waals surface area contributed by atoms with Crippen LogP contribution in [0.2, 0.25) is 0 Å². The highest BCUT2D eigenvalue weighted by Crippen LogP contribution is 2.48. The van der Waals surface area contributed by atoms with E-state index in [0.717, 1.165) is 12.8 Å². The van der Waals surface area contributed by atoms with Crippen molar-refractivity contribution in [3.8, 4) is 0 Å². The molecule has 0 aromatic rings. The molecular weight excluding hydrogens is 192 g/mol. The Balaban J connectivity index is 2.11. The van der Waals surface area contributed by atoms with Gasteiger partial charge in [-0.15, -0.1) is 0 Å². The first-order chi connectivity index (χ1) is 6.03. The smallest absolute Gasteiger partial charge is 0.302 e. The van der Waals surface area contributed by atoms with Gasteiger partial charge < -0.3 is 4.74 Å². The van der Waals surface area contributed by atoms with Crippen LogP contribution in [-0.4, -0.2) is 26.6 Å². The molecule has 5 atom stereocenters. The molecule has 5 unspecified atom stereocenters. The molecule has 76 valence electrons. The molecule has 2 rings (SSSR count). The zero-order valence-corrected chi connectivity index (χ0v) is 8.54. The maximum atomic E-state index is 10.5. The summed E-state index contributed by atoms with van der Waals surface area (Å²) in [5.74, 6) is 0.197. The summed E-state index contributed by atoms with van der Waals surface area (Å²) in [6.45, 7) is 4.05. The zero-order chi connectivity index (χ0) is 9.64. The standard InChI is InChI=1S/C8H14O4S/c1-5-7(12-13(9)10)6-3-4-8(5,2)11-6/h5-7H,3-4H2,1-2H3,(H,9,10). The fourth-order valence-corrected chi connectivity index (χ4v) is 2.85. The van der Waals surface area contributed by atoms with Crippen LogP contribution in [0.25, 0.3) is 0 Å². The lowest BCUT2D eigenvalue weighted by Gasteiger charge is -2.29. The molecule has 5 heteroatoms. The molecule has 2 heterocycles. The summed E-state index contributed by atoms with van der Waals surface area (Å²) in [4.78, 5) is 0. The molecule has 2 saturated heterocycles. The Morgan fingerprint density at radius 3 is 2.85 bits per heavy atom. The van der Waals surface area contributed by atoms with Crippen LogP contribution in [0.1, 0.15) is 26.7 Å². The third-order valence-electron chi connectivity index (χ3n) is 3.36. The number of fused-ring (bicyclic) bond motifs is 2. The second-order valence-electron chi connectivity index (χ2n) is 4.07. The van der Waals surface area contributed by atoms with E-state index in [0.29, 0.717) is 0 Å². The molecular formula is C8H14O4S. The van der Waals surface area contributed by atoms with Gasteiger partial charge in [-0.05, 0) is 19.8 Å². The van der Waals surface area contributed by atoms with Crippen molar-refractivity contribution < 1.29 is 17.7 Å². The van der Waals surface area contributed by atoms with E-state index in [1.54, 1.807) is 0 Å². The summed E-state index contributed by atoms with van der Waals surface area (Å²) in [5.41, 5.74) is -0.144. The van der Waals surface area contributed by atoms with Gasteiger partial charge in [0.15, 0.2) is 0 Å². The Morgan fingerprint density at radius 2 is 2.38 bits per heavy atom. The van der Waals surface area contributed by atoms with Crippen LogP contribution >= 0.6 is 0 Å². The highest BCUT2D eigenvalue weighted by molar-refractivity contribution is 7.74. The molecule has 2 fully saturated rings. The Labute approximate surface area is 80.1 Å². The molecule has 2 aliphatic heterocycles. The van der Waals surface area contributed by atoms with Gasteiger partial charge in [-0.2, -0.15) is 4.21 Å². The van der Waals surface area contributed by atoms with E-state index in [9.17, 15) is 4.21 Å². The fourth-order valence-electron chi connectivity index (χ4n) is 2.37. The fraction of sp³-hybridized carbons (Fsp3) is 1.00. The first kappa shape index (κ1) is 9.58. The van der Waals surface area contributed by atoms with Gasteiger partial charge in [-0.3, -0.25) is 8.74 Å². The van der Waals surface area contributed by atoms with Gasteiger partial charge in [0.2, 0.25) is 0 Å². The lowest BCUT2D eigenvalue weighted by Crippen LogP contribution is -2.38. The highest BCUT2D eigenvalue weighted by atomic mass is 32.2. The van der Waals surface area contributed by atoms with Crippen molar-refractivity contribution in [2.75, 3.05) is 0 Å². The molecule has 2 bridgehead atoms. The second kappa shape index (κ2) is 3.02. The normalized spacial score (nSPS) is 51.2. The van der Waals surface area contributed by atoms with Crippen molar-refractivity contribution in [3.05, 3.63) is 0 Å². The zero-order valence-electron chi connectivity index (χ0n) is 7.73. The van der Waals surface area contributed by atoms with Gasteiger partial charge in [0.1, 0.15) is 6.10 Å². The molecule has 0 radical (unpaired) electrons. The van der Waals surface area contributed by atoms with Gasteiger partial charge in [-0.25, -0.2) is 0 Å². The average molecular weight is 206 g/mol. The number of rotatable bonds is 2. The molecule has 0 aliphatic carbocycles. The summed E-state index contributed by atoms with van der Waals surface area (Å²) in [5, 5.41) is 0. The molecule has 0 amide bonds.